The van der Waals surface area contributed by atoms with Crippen LogP contribution in [-0.2, 0) is 19.7 Å². The zero-order valence-corrected chi connectivity index (χ0v) is 17.4. The maximum absolute atomic E-state index is 13.0. The summed E-state index contributed by atoms with van der Waals surface area (Å²) in [6.07, 6.45) is 2.72. The van der Waals surface area contributed by atoms with Crippen molar-refractivity contribution < 1.29 is 19.1 Å². The van der Waals surface area contributed by atoms with Crippen molar-refractivity contribution in [2.45, 2.75) is 64.8 Å². The highest BCUT2D eigenvalue weighted by Gasteiger charge is 2.35. The molecule has 0 spiro atoms. The lowest BCUT2D eigenvalue weighted by Crippen LogP contribution is -2.57. The minimum absolute atomic E-state index is 0.00332. The Morgan fingerprint density at radius 2 is 1.86 bits per heavy atom. The molecule has 1 heterocycles. The summed E-state index contributed by atoms with van der Waals surface area (Å²) >= 11 is 0. The van der Waals surface area contributed by atoms with E-state index in [0.717, 1.165) is 24.8 Å². The molecule has 154 valence electrons. The van der Waals surface area contributed by atoms with Crippen LogP contribution in [-0.4, -0.2) is 48.4 Å². The molecule has 0 aliphatic carbocycles. The van der Waals surface area contributed by atoms with Gasteiger partial charge in [-0.3, -0.25) is 14.4 Å². The predicted octanol–water partition coefficient (Wildman–Crippen LogP) is 3.05. The van der Waals surface area contributed by atoms with Crippen molar-refractivity contribution in [3.8, 4) is 0 Å². The number of nitrogens with zero attached hydrogens (tertiary/aromatic N) is 1. The molecule has 6 nitrogen and oxygen atoms in total. The predicted molar refractivity (Wildman–Crippen MR) is 108 cm³/mol. The van der Waals surface area contributed by atoms with E-state index in [-0.39, 0.29) is 23.7 Å². The van der Waals surface area contributed by atoms with E-state index in [1.54, 1.807) is 12.1 Å². The zero-order chi connectivity index (χ0) is 20.7. The summed E-state index contributed by atoms with van der Waals surface area (Å²) < 4.78 is 5.23. The number of ether oxygens (including phenoxy) is 1. The van der Waals surface area contributed by atoms with E-state index in [1.807, 2.05) is 12.1 Å². The molecule has 1 fully saturated rings. The van der Waals surface area contributed by atoms with Gasteiger partial charge in [0.2, 0.25) is 5.91 Å². The summed E-state index contributed by atoms with van der Waals surface area (Å²) in [5.74, 6) is -0.991. The second kappa shape index (κ2) is 9.71. The van der Waals surface area contributed by atoms with Gasteiger partial charge in [0.25, 0.3) is 5.91 Å². The first-order chi connectivity index (χ1) is 13.2. The Hall–Kier alpha value is -2.37. The molecular formula is C22H32N2O4. The van der Waals surface area contributed by atoms with E-state index in [4.69, 9.17) is 4.74 Å². The molecule has 1 saturated heterocycles. The fourth-order valence-corrected chi connectivity index (χ4v) is 3.19. The summed E-state index contributed by atoms with van der Waals surface area (Å²) in [6.45, 7) is 9.52. The highest BCUT2D eigenvalue weighted by atomic mass is 16.5. The van der Waals surface area contributed by atoms with Crippen LogP contribution in [0.25, 0.3) is 0 Å². The molecule has 1 atom stereocenters. The summed E-state index contributed by atoms with van der Waals surface area (Å²) in [5.41, 5.74) is 1.65. The molecule has 1 aliphatic heterocycles. The number of carbonyl (C=O) groups excluding carboxylic acids is 3. The topological polar surface area (TPSA) is 75.7 Å². The highest BCUT2D eigenvalue weighted by molar-refractivity contribution is 5.99. The Bertz CT molecular complexity index is 691. The molecule has 2 rings (SSSR count). The molecule has 6 heteroatoms. The van der Waals surface area contributed by atoms with Crippen LogP contribution in [0.4, 0.5) is 0 Å². The van der Waals surface area contributed by atoms with Crippen LogP contribution < -0.4 is 5.32 Å². The summed E-state index contributed by atoms with van der Waals surface area (Å²) in [7, 11) is 0. The van der Waals surface area contributed by atoms with Gasteiger partial charge in [-0.25, -0.2) is 0 Å². The van der Waals surface area contributed by atoms with Gasteiger partial charge in [0.15, 0.2) is 0 Å². The van der Waals surface area contributed by atoms with E-state index in [1.165, 1.54) is 4.90 Å². The number of hydrogen-bond donors (Lipinski definition) is 1. The minimum Gasteiger partial charge on any atom is -0.466 e. The van der Waals surface area contributed by atoms with Gasteiger partial charge in [-0.2, -0.15) is 0 Å². The molecule has 1 N–H and O–H groups in total. The third-order valence-corrected chi connectivity index (χ3v) is 4.96. The Morgan fingerprint density at radius 3 is 2.46 bits per heavy atom. The number of unbranched alkanes of at least 4 members (excludes halogenated alkanes) is 2. The molecular weight excluding hydrogens is 356 g/mol. The third kappa shape index (κ3) is 5.81. The lowest BCUT2D eigenvalue weighted by molar-refractivity contribution is -0.147. The molecule has 1 unspecified atom stereocenters. The van der Waals surface area contributed by atoms with Gasteiger partial charge < -0.3 is 15.0 Å². The van der Waals surface area contributed by atoms with Crippen LogP contribution in [0.15, 0.2) is 24.3 Å². The molecule has 0 saturated carbocycles. The Labute approximate surface area is 167 Å². The molecule has 28 heavy (non-hydrogen) atoms. The highest BCUT2D eigenvalue weighted by Crippen LogP contribution is 2.23. The molecule has 2 amide bonds. The average Bonchev–Trinajstić information content (AvgIpc) is 2.66. The van der Waals surface area contributed by atoms with Crippen LogP contribution in [0.5, 0.6) is 0 Å². The molecule has 1 aromatic carbocycles. The standard InChI is InChI=1S/C22H32N2O4/c1-5-6-7-14-28-19(25)15-18-20(26)23-12-13-24(18)21(27)16-8-10-17(11-9-16)22(2,3)4/h8-11,18H,5-7,12-15H2,1-4H3,(H,23,26). The summed E-state index contributed by atoms with van der Waals surface area (Å²) in [6, 6.07) is 6.62. The lowest BCUT2D eigenvalue weighted by atomic mass is 9.86. The monoisotopic (exact) mass is 388 g/mol. The maximum atomic E-state index is 13.0. The van der Waals surface area contributed by atoms with Crippen LogP contribution in [0, 0.1) is 0 Å². The van der Waals surface area contributed by atoms with Crippen molar-refractivity contribution in [1.29, 1.82) is 0 Å². The smallest absolute Gasteiger partial charge is 0.308 e. The first-order valence-corrected chi connectivity index (χ1v) is 10.1. The summed E-state index contributed by atoms with van der Waals surface area (Å²) in [4.78, 5) is 38.9. The fourth-order valence-electron chi connectivity index (χ4n) is 3.19. The van der Waals surface area contributed by atoms with Crippen LogP contribution in [0.1, 0.15) is 69.3 Å². The van der Waals surface area contributed by atoms with Crippen molar-refractivity contribution in [3.63, 3.8) is 0 Å². The SMILES string of the molecule is CCCCCOC(=O)CC1C(=O)NCCN1C(=O)c1ccc(C(C)(C)C)cc1. The Morgan fingerprint density at radius 1 is 1.18 bits per heavy atom. The van der Waals surface area contributed by atoms with Crippen molar-refractivity contribution in [2.24, 2.45) is 0 Å². The molecule has 0 radical (unpaired) electrons. The van der Waals surface area contributed by atoms with Gasteiger partial charge >= 0.3 is 5.97 Å². The minimum atomic E-state index is -0.831. The van der Waals surface area contributed by atoms with Crippen LogP contribution in [0.2, 0.25) is 0 Å². The number of rotatable bonds is 7. The van der Waals surface area contributed by atoms with Gasteiger partial charge in [0, 0.05) is 18.7 Å². The molecule has 0 aromatic heterocycles. The number of piperazine rings is 1. The fraction of sp³-hybridized carbons (Fsp3) is 0.591. The van der Waals surface area contributed by atoms with Crippen LogP contribution >= 0.6 is 0 Å². The van der Waals surface area contributed by atoms with Gasteiger partial charge in [0.05, 0.1) is 13.0 Å². The Kier molecular flexibility index (Phi) is 7.61. The lowest BCUT2D eigenvalue weighted by Gasteiger charge is -2.34. The number of hydrogen-bond acceptors (Lipinski definition) is 4. The van der Waals surface area contributed by atoms with E-state index < -0.39 is 12.0 Å². The largest absolute Gasteiger partial charge is 0.466 e. The molecule has 1 aromatic rings. The second-order valence-corrected chi connectivity index (χ2v) is 8.26. The average molecular weight is 389 g/mol. The number of carbonyl (C=O) groups is 3. The Balaban J connectivity index is 2.07. The first kappa shape index (κ1) is 21.9. The number of amides is 2. The van der Waals surface area contributed by atoms with E-state index in [0.29, 0.717) is 25.3 Å². The van der Waals surface area contributed by atoms with Gasteiger partial charge in [-0.1, -0.05) is 52.7 Å². The zero-order valence-electron chi connectivity index (χ0n) is 17.4. The van der Waals surface area contributed by atoms with E-state index in [2.05, 4.69) is 33.0 Å². The summed E-state index contributed by atoms with van der Waals surface area (Å²) in [5, 5.41) is 2.74. The normalized spacial score (nSPS) is 17.2. The molecule has 0 bridgehead atoms. The number of esters is 1. The number of nitrogens with one attached hydrogen (secondary N) is 1. The second-order valence-electron chi connectivity index (χ2n) is 8.26. The van der Waals surface area contributed by atoms with Crippen molar-refractivity contribution in [1.82, 2.24) is 10.2 Å². The first-order valence-electron chi connectivity index (χ1n) is 10.1. The van der Waals surface area contributed by atoms with Gasteiger partial charge in [0.1, 0.15) is 6.04 Å². The number of benzene rings is 1. The quantitative estimate of drug-likeness (QED) is 0.575. The van der Waals surface area contributed by atoms with Gasteiger partial charge in [-0.15, -0.1) is 0 Å². The maximum Gasteiger partial charge on any atom is 0.308 e. The molecule has 1 aliphatic rings. The van der Waals surface area contributed by atoms with Crippen molar-refractivity contribution in [3.05, 3.63) is 35.4 Å². The van der Waals surface area contributed by atoms with E-state index in [9.17, 15) is 14.4 Å². The van der Waals surface area contributed by atoms with Crippen LogP contribution in [0.3, 0.4) is 0 Å². The van der Waals surface area contributed by atoms with Crippen molar-refractivity contribution in [2.75, 3.05) is 19.7 Å². The van der Waals surface area contributed by atoms with Gasteiger partial charge in [-0.05, 0) is 29.5 Å². The van der Waals surface area contributed by atoms with E-state index >= 15 is 0 Å². The van der Waals surface area contributed by atoms with Crippen molar-refractivity contribution >= 4 is 17.8 Å². The third-order valence-electron chi connectivity index (χ3n) is 4.96.